The second-order valence-corrected chi connectivity index (χ2v) is 14.5. The van der Waals surface area contributed by atoms with E-state index < -0.39 is 0 Å². The largest absolute Gasteiger partial charge is 0.365 e. The van der Waals surface area contributed by atoms with Crippen molar-refractivity contribution >= 4 is 28.2 Å². The van der Waals surface area contributed by atoms with Gasteiger partial charge in [0.2, 0.25) is 12.5 Å². The fourth-order valence-electron chi connectivity index (χ4n) is 8.39. The van der Waals surface area contributed by atoms with Crippen LogP contribution in [0.2, 0.25) is 0 Å². The Morgan fingerprint density at radius 1 is 1.02 bits per heavy atom. The second-order valence-electron chi connectivity index (χ2n) is 14.5. The van der Waals surface area contributed by atoms with Crippen molar-refractivity contribution in [2.24, 2.45) is 11.3 Å². The molecule has 0 heterocycles. The van der Waals surface area contributed by atoms with E-state index >= 15 is 0 Å². The minimum absolute atomic E-state index is 0.000779. The van der Waals surface area contributed by atoms with Crippen molar-refractivity contribution in [1.82, 2.24) is 4.90 Å². The lowest BCUT2D eigenvalue weighted by Gasteiger charge is -2.56. The number of carbonyl (C=O) groups is 2. The van der Waals surface area contributed by atoms with Gasteiger partial charge in [-0.1, -0.05) is 70.5 Å². The number of nitro groups is 1. The van der Waals surface area contributed by atoms with Gasteiger partial charge in [0, 0.05) is 42.7 Å². The molecule has 3 atom stereocenters. The third-order valence-electron chi connectivity index (χ3n) is 10.9. The Kier molecular flexibility index (Phi) is 9.39. The van der Waals surface area contributed by atoms with Crippen LogP contribution in [-0.4, -0.2) is 54.7 Å². The van der Waals surface area contributed by atoms with Gasteiger partial charge in [-0.25, -0.2) is 0 Å². The van der Waals surface area contributed by atoms with Crippen LogP contribution in [0.4, 0.5) is 5.69 Å². The summed E-state index contributed by atoms with van der Waals surface area (Å²) < 4.78 is 0. The lowest BCUT2D eigenvalue weighted by atomic mass is 9.49. The smallest absolute Gasteiger partial charge is 0.242 e. The number of fused-ring (bicyclic) bond motifs is 4. The molecule has 1 saturated carbocycles. The molecule has 240 valence electrons. The lowest BCUT2D eigenvalue weighted by Crippen LogP contribution is -2.55. The van der Waals surface area contributed by atoms with Gasteiger partial charge >= 0.3 is 0 Å². The molecule has 0 aliphatic heterocycles. The molecular formula is C38H49N3O4. The van der Waals surface area contributed by atoms with E-state index in [2.05, 4.69) is 45.9 Å². The Labute approximate surface area is 268 Å². The molecule has 3 aromatic rings. The van der Waals surface area contributed by atoms with E-state index in [1.54, 1.807) is 6.92 Å². The molecule has 1 fully saturated rings. The molecule has 1 amide bonds. The Morgan fingerprint density at radius 2 is 1.76 bits per heavy atom. The topological polar surface area (TPSA) is 83.8 Å². The molecule has 7 heteroatoms. The van der Waals surface area contributed by atoms with E-state index in [0.717, 1.165) is 48.6 Å². The molecule has 0 saturated heterocycles. The monoisotopic (exact) mass is 611 g/mol. The van der Waals surface area contributed by atoms with E-state index in [0.29, 0.717) is 36.9 Å². The van der Waals surface area contributed by atoms with Crippen molar-refractivity contribution in [2.45, 2.75) is 84.5 Å². The molecular weight excluding hydrogens is 562 g/mol. The van der Waals surface area contributed by atoms with Crippen LogP contribution in [0.1, 0.15) is 99.7 Å². The highest BCUT2D eigenvalue weighted by Gasteiger charge is 2.52. The molecule has 0 bridgehead atoms. The number of hydrogen-bond donors (Lipinski definition) is 0. The first-order valence-corrected chi connectivity index (χ1v) is 16.6. The van der Waals surface area contributed by atoms with E-state index in [9.17, 15) is 19.7 Å². The van der Waals surface area contributed by atoms with Crippen molar-refractivity contribution in [3.05, 3.63) is 87.0 Å². The zero-order chi connectivity index (χ0) is 32.5. The molecule has 2 aliphatic rings. The van der Waals surface area contributed by atoms with Gasteiger partial charge in [-0.15, -0.1) is 0 Å². The minimum atomic E-state index is -0.287. The number of hydrogen-bond acceptors (Lipinski definition) is 5. The maximum atomic E-state index is 14.0. The Bertz CT molecular complexity index is 1600. The molecule has 0 spiro atoms. The highest BCUT2D eigenvalue weighted by molar-refractivity contribution is 5.99. The summed E-state index contributed by atoms with van der Waals surface area (Å²) >= 11 is 0. The van der Waals surface area contributed by atoms with Crippen LogP contribution < -0.4 is 4.90 Å². The van der Waals surface area contributed by atoms with Gasteiger partial charge < -0.3 is 9.80 Å². The van der Waals surface area contributed by atoms with Gasteiger partial charge in [-0.05, 0) is 101 Å². The fraction of sp³-hybridized carbons (Fsp3) is 0.526. The van der Waals surface area contributed by atoms with Gasteiger partial charge in [0.05, 0.1) is 6.54 Å². The highest BCUT2D eigenvalue weighted by atomic mass is 16.6. The number of amides is 1. The van der Waals surface area contributed by atoms with E-state index in [-0.39, 0.29) is 40.5 Å². The zero-order valence-corrected chi connectivity index (χ0v) is 27.9. The molecule has 45 heavy (non-hydrogen) atoms. The van der Waals surface area contributed by atoms with Crippen LogP contribution in [-0.2, 0) is 16.6 Å². The summed E-state index contributed by atoms with van der Waals surface area (Å²) in [6, 6.07) is 18.8. The Hall–Kier alpha value is -3.74. The number of ketones is 1. The Morgan fingerprint density at radius 3 is 2.47 bits per heavy atom. The average molecular weight is 612 g/mol. The quantitative estimate of drug-likeness (QED) is 0.125. The number of nitrogens with zero attached hydrogens (tertiary/aromatic N) is 3. The summed E-state index contributed by atoms with van der Waals surface area (Å²) in [5.41, 5.74) is 5.92. The third kappa shape index (κ3) is 6.78. The number of rotatable bonds is 11. The van der Waals surface area contributed by atoms with Crippen LogP contribution in [0.5, 0.6) is 0 Å². The SMILES string of the molecule is CC(=O)c1ccc2cc(N(C)CC(=O)N(CCC[N+](=O)[O-])CC3(C)CCCC4(C)c5ccc(C(C)C)cc5CCC34)ccc2c1. The number of anilines is 1. The summed E-state index contributed by atoms with van der Waals surface area (Å²) in [5, 5.41) is 13.2. The second kappa shape index (κ2) is 12.9. The van der Waals surface area contributed by atoms with Gasteiger partial charge in [0.1, 0.15) is 0 Å². The highest BCUT2D eigenvalue weighted by Crippen LogP contribution is 2.57. The van der Waals surface area contributed by atoms with E-state index in [1.165, 1.54) is 16.7 Å². The fourth-order valence-corrected chi connectivity index (χ4v) is 8.39. The average Bonchev–Trinajstić information content (AvgIpc) is 2.99. The first-order chi connectivity index (χ1) is 21.3. The summed E-state index contributed by atoms with van der Waals surface area (Å²) in [6.07, 6.45) is 5.80. The molecule has 7 nitrogen and oxygen atoms in total. The number of likely N-dealkylation sites (N-methyl/N-ethyl adjacent to an activating group) is 1. The van der Waals surface area contributed by atoms with E-state index in [1.807, 2.05) is 53.2 Å². The predicted molar refractivity (Wildman–Crippen MR) is 182 cm³/mol. The Balaban J connectivity index is 1.37. The van der Waals surface area contributed by atoms with Crippen LogP contribution in [0.15, 0.2) is 54.6 Å². The van der Waals surface area contributed by atoms with Crippen molar-refractivity contribution in [3.63, 3.8) is 0 Å². The number of Topliss-reactive ketones (excluding diaryl/α,β-unsaturated/α-hetero) is 1. The van der Waals surface area contributed by atoms with Crippen LogP contribution in [0, 0.1) is 21.4 Å². The maximum Gasteiger partial charge on any atom is 0.242 e. The van der Waals surface area contributed by atoms with Gasteiger partial charge in [-0.2, -0.15) is 0 Å². The number of aryl methyl sites for hydroxylation is 1. The van der Waals surface area contributed by atoms with E-state index in [4.69, 9.17) is 0 Å². The normalized spacial score (nSPS) is 22.5. The van der Waals surface area contributed by atoms with Gasteiger partial charge in [0.15, 0.2) is 5.78 Å². The predicted octanol–water partition coefficient (Wildman–Crippen LogP) is 7.81. The van der Waals surface area contributed by atoms with Crippen molar-refractivity contribution < 1.29 is 14.5 Å². The van der Waals surface area contributed by atoms with Crippen molar-refractivity contribution in [2.75, 3.05) is 38.1 Å². The third-order valence-corrected chi connectivity index (χ3v) is 10.9. The van der Waals surface area contributed by atoms with Gasteiger partial charge in [-0.3, -0.25) is 19.7 Å². The van der Waals surface area contributed by atoms with Crippen LogP contribution in [0.25, 0.3) is 10.8 Å². The first-order valence-electron chi connectivity index (χ1n) is 16.6. The maximum absolute atomic E-state index is 14.0. The molecule has 0 aromatic heterocycles. The molecule has 2 aliphatic carbocycles. The number of benzene rings is 3. The van der Waals surface area contributed by atoms with Crippen molar-refractivity contribution in [1.29, 1.82) is 0 Å². The first kappa shape index (κ1) is 32.6. The van der Waals surface area contributed by atoms with Crippen LogP contribution in [0.3, 0.4) is 0 Å². The molecule has 0 radical (unpaired) electrons. The standard InChI is InChI=1S/C38H49N3O4/c1-26(2)28-12-15-34-32(21-28)13-16-35-37(4,17-7-18-38(34,35)5)25-40(19-8-20-41(44)45)36(43)24-39(6)33-14-11-30-22-29(27(3)42)9-10-31(30)23-33/h9-12,14-15,21-23,26,35H,7-8,13,16-20,24-25H2,1-6H3. The summed E-state index contributed by atoms with van der Waals surface area (Å²) in [7, 11) is 1.92. The molecule has 3 unspecified atom stereocenters. The molecule has 5 rings (SSSR count). The summed E-state index contributed by atoms with van der Waals surface area (Å²) in [5.74, 6) is 0.966. The van der Waals surface area contributed by atoms with Crippen LogP contribution >= 0.6 is 0 Å². The van der Waals surface area contributed by atoms with Gasteiger partial charge in [0.25, 0.3) is 0 Å². The number of carbonyl (C=O) groups excluding carboxylic acids is 2. The zero-order valence-electron chi connectivity index (χ0n) is 27.9. The lowest BCUT2D eigenvalue weighted by molar-refractivity contribution is -0.480. The molecule has 3 aromatic carbocycles. The summed E-state index contributed by atoms with van der Waals surface area (Å²) in [6.45, 7) is 11.9. The molecule has 0 N–H and O–H groups in total. The summed E-state index contributed by atoms with van der Waals surface area (Å²) in [4.78, 5) is 40.7. The van der Waals surface area contributed by atoms with Crippen molar-refractivity contribution in [3.8, 4) is 0 Å². The minimum Gasteiger partial charge on any atom is -0.365 e.